The van der Waals surface area contributed by atoms with Crippen LogP contribution in [0.25, 0.3) is 11.7 Å². The van der Waals surface area contributed by atoms with Gasteiger partial charge in [0, 0.05) is 59.2 Å². The lowest BCUT2D eigenvalue weighted by Gasteiger charge is -2.36. The number of amides is 1. The van der Waals surface area contributed by atoms with Gasteiger partial charge in [-0.05, 0) is 48.7 Å². The van der Waals surface area contributed by atoms with Crippen LogP contribution in [-0.2, 0) is 16.1 Å². The molecule has 10 nitrogen and oxygen atoms in total. The van der Waals surface area contributed by atoms with E-state index in [2.05, 4.69) is 15.9 Å². The molecule has 0 atom stereocenters. The first-order valence-electron chi connectivity index (χ1n) is 13.5. The Morgan fingerprint density at radius 2 is 1.90 bits per heavy atom. The smallest absolute Gasteiger partial charge is 0.267 e. The van der Waals surface area contributed by atoms with Gasteiger partial charge in [0.05, 0.1) is 10.5 Å². The van der Waals surface area contributed by atoms with Crippen LogP contribution >= 0.6 is 24.0 Å². The van der Waals surface area contributed by atoms with E-state index in [0.717, 1.165) is 42.3 Å². The van der Waals surface area contributed by atoms with Crippen LogP contribution in [0.5, 0.6) is 11.5 Å². The van der Waals surface area contributed by atoms with E-state index in [1.807, 2.05) is 31.2 Å². The number of hydrogen-bond acceptors (Lipinski definition) is 10. The highest BCUT2D eigenvalue weighted by molar-refractivity contribution is 8.26. The number of anilines is 1. The Hall–Kier alpha value is -3.45. The van der Waals surface area contributed by atoms with Gasteiger partial charge in [-0.2, -0.15) is 0 Å². The van der Waals surface area contributed by atoms with E-state index < -0.39 is 0 Å². The number of aryl methyl sites for hydroxylation is 1. The Bertz CT molecular complexity index is 1600. The highest BCUT2D eigenvalue weighted by atomic mass is 32.2. The van der Waals surface area contributed by atoms with Crippen LogP contribution in [0.4, 0.5) is 5.82 Å². The predicted octanol–water partition coefficient (Wildman–Crippen LogP) is 3.29. The topological polar surface area (TPSA) is 88.8 Å². The number of carbonyl (C=O) groups excluding carboxylic acids is 1. The summed E-state index contributed by atoms with van der Waals surface area (Å²) in [6, 6.07) is 9.85. The van der Waals surface area contributed by atoms with E-state index in [0.29, 0.717) is 58.9 Å². The van der Waals surface area contributed by atoms with Crippen molar-refractivity contribution < 1.29 is 19.0 Å². The van der Waals surface area contributed by atoms with Gasteiger partial charge in [0.2, 0.25) is 6.79 Å². The molecule has 0 bridgehead atoms. The minimum absolute atomic E-state index is 0.190. The van der Waals surface area contributed by atoms with Crippen molar-refractivity contribution in [1.82, 2.24) is 19.2 Å². The Morgan fingerprint density at radius 1 is 1.10 bits per heavy atom. The number of benzene rings is 1. The van der Waals surface area contributed by atoms with Crippen molar-refractivity contribution in [3.05, 3.63) is 68.5 Å². The number of fused-ring (bicyclic) bond motifs is 2. The van der Waals surface area contributed by atoms with E-state index in [4.69, 9.17) is 31.4 Å². The van der Waals surface area contributed by atoms with E-state index in [1.54, 1.807) is 28.7 Å². The number of carbonyl (C=O) groups is 1. The van der Waals surface area contributed by atoms with Crippen LogP contribution in [0.1, 0.15) is 23.1 Å². The zero-order valence-electron chi connectivity index (χ0n) is 23.0. The molecule has 3 aliphatic heterocycles. The van der Waals surface area contributed by atoms with Gasteiger partial charge >= 0.3 is 0 Å². The maximum Gasteiger partial charge on any atom is 0.267 e. The lowest BCUT2D eigenvalue weighted by atomic mass is 10.1. The average Bonchev–Trinajstić information content (AvgIpc) is 3.54. The summed E-state index contributed by atoms with van der Waals surface area (Å²) in [7, 11) is 1.63. The maximum absolute atomic E-state index is 13.8. The van der Waals surface area contributed by atoms with Crippen molar-refractivity contribution >= 4 is 51.7 Å². The number of rotatable bonds is 8. The highest BCUT2D eigenvalue weighted by Gasteiger charge is 2.33. The van der Waals surface area contributed by atoms with Gasteiger partial charge in [-0.1, -0.05) is 36.1 Å². The van der Waals surface area contributed by atoms with Crippen LogP contribution in [0.2, 0.25) is 0 Å². The Balaban J connectivity index is 1.26. The van der Waals surface area contributed by atoms with E-state index in [9.17, 15) is 9.59 Å². The van der Waals surface area contributed by atoms with Gasteiger partial charge in [-0.15, -0.1) is 0 Å². The molecule has 3 aliphatic rings. The maximum atomic E-state index is 13.8. The lowest BCUT2D eigenvalue weighted by molar-refractivity contribution is -0.122. The third-order valence-corrected chi connectivity index (χ3v) is 8.76. The highest BCUT2D eigenvalue weighted by Crippen LogP contribution is 2.35. The number of nitrogens with zero attached hydrogens (tertiary/aromatic N) is 5. The first kappa shape index (κ1) is 27.7. The molecular weight excluding hydrogens is 562 g/mol. The molecule has 2 fully saturated rings. The van der Waals surface area contributed by atoms with Crippen molar-refractivity contribution in [2.45, 2.75) is 19.9 Å². The second-order valence-electron chi connectivity index (χ2n) is 10.2. The molecule has 2 aromatic heterocycles. The van der Waals surface area contributed by atoms with Crippen LogP contribution < -0.4 is 19.9 Å². The van der Waals surface area contributed by atoms with E-state index >= 15 is 0 Å². The quantitative estimate of drug-likeness (QED) is 0.220. The van der Waals surface area contributed by atoms with Crippen molar-refractivity contribution in [3.8, 4) is 11.5 Å². The third kappa shape index (κ3) is 5.69. The number of ether oxygens (including phenoxy) is 3. The summed E-state index contributed by atoms with van der Waals surface area (Å²) in [5, 5.41) is 0. The van der Waals surface area contributed by atoms with Crippen molar-refractivity contribution in [1.29, 1.82) is 0 Å². The summed E-state index contributed by atoms with van der Waals surface area (Å²) < 4.78 is 18.1. The fourth-order valence-corrected chi connectivity index (χ4v) is 6.51. The molecule has 5 heterocycles. The normalized spacial score (nSPS) is 18.3. The molecule has 0 saturated carbocycles. The standard InChI is InChI=1S/C29H31N5O5S2/c1-19-4-7-25-30-26(32-11-9-31(10-12-32)17-20-5-6-22-23(14-20)39-18-38-22)21(27(35)34(25)16-19)15-24-28(36)33(29(40)41-24)8-3-13-37-2/h4-7,14-16H,3,8-13,17-18H2,1-2H3. The Morgan fingerprint density at radius 3 is 2.71 bits per heavy atom. The van der Waals surface area contributed by atoms with Crippen molar-refractivity contribution in [2.24, 2.45) is 0 Å². The molecule has 6 rings (SSSR count). The Kier molecular flexibility index (Phi) is 7.98. The molecule has 0 radical (unpaired) electrons. The van der Waals surface area contributed by atoms with E-state index in [1.165, 1.54) is 11.8 Å². The van der Waals surface area contributed by atoms with Gasteiger partial charge < -0.3 is 19.1 Å². The molecule has 12 heteroatoms. The number of thiocarbonyl (C=S) groups is 1. The molecule has 214 valence electrons. The molecule has 0 aliphatic carbocycles. The minimum Gasteiger partial charge on any atom is -0.454 e. The number of piperazine rings is 1. The zero-order chi connectivity index (χ0) is 28.5. The molecule has 0 N–H and O–H groups in total. The summed E-state index contributed by atoms with van der Waals surface area (Å²) >= 11 is 6.72. The fraction of sp³-hybridized carbons (Fsp3) is 0.379. The average molecular weight is 594 g/mol. The molecule has 41 heavy (non-hydrogen) atoms. The number of aromatic nitrogens is 2. The molecule has 0 spiro atoms. The van der Waals surface area contributed by atoms with Gasteiger partial charge in [0.25, 0.3) is 11.5 Å². The van der Waals surface area contributed by atoms with Gasteiger partial charge in [-0.3, -0.25) is 23.8 Å². The first-order chi connectivity index (χ1) is 19.9. The summed E-state index contributed by atoms with van der Waals surface area (Å²) in [6.45, 7) is 6.97. The molecule has 2 saturated heterocycles. The summed E-state index contributed by atoms with van der Waals surface area (Å²) in [4.78, 5) is 38.6. The second kappa shape index (κ2) is 11.8. The molecule has 1 aromatic carbocycles. The summed E-state index contributed by atoms with van der Waals surface area (Å²) in [5.41, 5.74) is 2.87. The first-order valence-corrected chi connectivity index (χ1v) is 14.8. The largest absolute Gasteiger partial charge is 0.454 e. The van der Waals surface area contributed by atoms with Crippen LogP contribution in [0.3, 0.4) is 0 Å². The van der Waals surface area contributed by atoms with Gasteiger partial charge in [0.1, 0.15) is 15.8 Å². The summed E-state index contributed by atoms with van der Waals surface area (Å²) in [5.74, 6) is 1.96. The zero-order valence-corrected chi connectivity index (χ0v) is 24.6. The second-order valence-corrected chi connectivity index (χ2v) is 11.9. The predicted molar refractivity (Wildman–Crippen MR) is 163 cm³/mol. The SMILES string of the molecule is COCCCN1C(=O)C(=Cc2c(N3CCN(Cc4ccc5c(c4)OCO5)CC3)nc3ccc(C)cn3c2=O)SC1=S. The van der Waals surface area contributed by atoms with Crippen molar-refractivity contribution in [2.75, 3.05) is 58.1 Å². The Labute approximate surface area is 247 Å². The van der Waals surface area contributed by atoms with Crippen molar-refractivity contribution in [3.63, 3.8) is 0 Å². The molecule has 1 amide bonds. The monoisotopic (exact) mass is 593 g/mol. The van der Waals surface area contributed by atoms with Gasteiger partial charge in [0.15, 0.2) is 11.5 Å². The lowest BCUT2D eigenvalue weighted by Crippen LogP contribution is -2.47. The van der Waals surface area contributed by atoms with Crippen LogP contribution in [0.15, 0.2) is 46.2 Å². The van der Waals surface area contributed by atoms with Gasteiger partial charge in [-0.25, -0.2) is 4.98 Å². The van der Waals surface area contributed by atoms with Crippen LogP contribution in [-0.4, -0.2) is 82.6 Å². The number of thioether (sulfide) groups is 1. The van der Waals surface area contributed by atoms with Crippen LogP contribution in [0, 0.1) is 6.92 Å². The number of methoxy groups -OCH3 is 1. The summed E-state index contributed by atoms with van der Waals surface area (Å²) in [6.07, 6.45) is 4.14. The fourth-order valence-electron chi connectivity index (χ4n) is 5.22. The third-order valence-electron chi connectivity index (χ3n) is 7.38. The van der Waals surface area contributed by atoms with E-state index in [-0.39, 0.29) is 18.3 Å². The molecular formula is C29H31N5O5S2. The molecule has 0 unspecified atom stereocenters. The number of hydrogen-bond donors (Lipinski definition) is 0. The number of pyridine rings is 1. The minimum atomic E-state index is -0.207. The molecule has 3 aromatic rings.